The second kappa shape index (κ2) is 6.50. The molecule has 0 saturated heterocycles. The Morgan fingerprint density at radius 1 is 1.42 bits per heavy atom. The van der Waals surface area contributed by atoms with E-state index in [1.54, 1.807) is 19.3 Å². The van der Waals surface area contributed by atoms with Crippen LogP contribution in [0.5, 0.6) is 0 Å². The standard InChI is InChI=1S/C14H20FN3O/c1-16-14(19)11-4-2-10(3-5-11)8-18-13-6-7-17-9-12(13)15/h6-7,9-11H,2-5,8H2,1H3,(H,16,19)(H,17,18). The van der Waals surface area contributed by atoms with Crippen molar-refractivity contribution in [3.63, 3.8) is 0 Å². The molecule has 1 aromatic heterocycles. The summed E-state index contributed by atoms with van der Waals surface area (Å²) in [4.78, 5) is 15.2. The molecule has 0 aromatic carbocycles. The lowest BCUT2D eigenvalue weighted by Gasteiger charge is -2.27. The fourth-order valence-electron chi connectivity index (χ4n) is 2.61. The Kier molecular flexibility index (Phi) is 4.71. The van der Waals surface area contributed by atoms with Gasteiger partial charge in [0.2, 0.25) is 5.91 Å². The monoisotopic (exact) mass is 265 g/mol. The van der Waals surface area contributed by atoms with Crippen LogP contribution < -0.4 is 10.6 Å². The first-order valence-corrected chi connectivity index (χ1v) is 6.75. The van der Waals surface area contributed by atoms with E-state index in [0.717, 1.165) is 32.2 Å². The van der Waals surface area contributed by atoms with Crippen LogP contribution in [0.3, 0.4) is 0 Å². The lowest BCUT2D eigenvalue weighted by molar-refractivity contribution is -0.125. The Labute approximate surface area is 112 Å². The van der Waals surface area contributed by atoms with Crippen molar-refractivity contribution < 1.29 is 9.18 Å². The van der Waals surface area contributed by atoms with Gasteiger partial charge in [-0.15, -0.1) is 0 Å². The molecule has 2 N–H and O–H groups in total. The van der Waals surface area contributed by atoms with Crippen LogP contribution in [-0.2, 0) is 4.79 Å². The molecular weight excluding hydrogens is 245 g/mol. The van der Waals surface area contributed by atoms with Crippen LogP contribution in [0.2, 0.25) is 0 Å². The molecular formula is C14H20FN3O. The van der Waals surface area contributed by atoms with Crippen molar-refractivity contribution in [2.24, 2.45) is 11.8 Å². The smallest absolute Gasteiger partial charge is 0.222 e. The van der Waals surface area contributed by atoms with Crippen molar-refractivity contribution in [2.45, 2.75) is 25.7 Å². The molecule has 1 aromatic rings. The third-order valence-electron chi connectivity index (χ3n) is 3.82. The molecule has 0 unspecified atom stereocenters. The number of carbonyl (C=O) groups excluding carboxylic acids is 1. The molecule has 0 aliphatic heterocycles. The zero-order valence-corrected chi connectivity index (χ0v) is 11.2. The minimum atomic E-state index is -0.318. The summed E-state index contributed by atoms with van der Waals surface area (Å²) in [5, 5.41) is 5.83. The van der Waals surface area contributed by atoms with Crippen LogP contribution in [0.4, 0.5) is 10.1 Å². The number of hydrogen-bond acceptors (Lipinski definition) is 3. The van der Waals surface area contributed by atoms with E-state index in [4.69, 9.17) is 0 Å². The molecule has 1 amide bonds. The van der Waals surface area contributed by atoms with Crippen LogP contribution in [-0.4, -0.2) is 24.5 Å². The summed E-state index contributed by atoms with van der Waals surface area (Å²) in [6.45, 7) is 0.751. The summed E-state index contributed by atoms with van der Waals surface area (Å²) in [5.41, 5.74) is 0.503. The second-order valence-electron chi connectivity index (χ2n) is 5.07. The van der Waals surface area contributed by atoms with Crippen LogP contribution in [0.1, 0.15) is 25.7 Å². The molecule has 0 atom stereocenters. The van der Waals surface area contributed by atoms with Crippen molar-refractivity contribution in [2.75, 3.05) is 18.9 Å². The highest BCUT2D eigenvalue weighted by atomic mass is 19.1. The number of rotatable bonds is 4. The summed E-state index contributed by atoms with van der Waals surface area (Å²) < 4.78 is 13.4. The van der Waals surface area contributed by atoms with E-state index in [9.17, 15) is 9.18 Å². The molecule has 104 valence electrons. The maximum Gasteiger partial charge on any atom is 0.222 e. The van der Waals surface area contributed by atoms with Crippen molar-refractivity contribution in [3.8, 4) is 0 Å². The second-order valence-corrected chi connectivity index (χ2v) is 5.07. The number of amides is 1. The van der Waals surface area contributed by atoms with E-state index in [1.165, 1.54) is 6.20 Å². The number of aromatic nitrogens is 1. The maximum absolute atomic E-state index is 13.4. The molecule has 0 spiro atoms. The molecule has 1 fully saturated rings. The zero-order chi connectivity index (χ0) is 13.7. The zero-order valence-electron chi connectivity index (χ0n) is 11.2. The van der Waals surface area contributed by atoms with Gasteiger partial charge in [-0.05, 0) is 37.7 Å². The SMILES string of the molecule is CNC(=O)C1CCC(CNc2ccncc2F)CC1. The fourth-order valence-corrected chi connectivity index (χ4v) is 2.61. The minimum Gasteiger partial charge on any atom is -0.382 e. The van der Waals surface area contributed by atoms with Crippen LogP contribution in [0, 0.1) is 17.7 Å². The third kappa shape index (κ3) is 3.66. The summed E-state index contributed by atoms with van der Waals surface area (Å²) >= 11 is 0. The summed E-state index contributed by atoms with van der Waals surface area (Å²) in [7, 11) is 1.68. The van der Waals surface area contributed by atoms with Gasteiger partial charge < -0.3 is 10.6 Å². The predicted molar refractivity (Wildman–Crippen MR) is 72.2 cm³/mol. The number of anilines is 1. The Morgan fingerprint density at radius 3 is 2.79 bits per heavy atom. The Hall–Kier alpha value is -1.65. The molecule has 1 aliphatic carbocycles. The highest BCUT2D eigenvalue weighted by Gasteiger charge is 2.25. The molecule has 1 saturated carbocycles. The molecule has 19 heavy (non-hydrogen) atoms. The highest BCUT2D eigenvalue weighted by molar-refractivity contribution is 5.78. The van der Waals surface area contributed by atoms with Gasteiger partial charge in [-0.1, -0.05) is 0 Å². The summed E-state index contributed by atoms with van der Waals surface area (Å²) in [6.07, 6.45) is 6.66. The lowest BCUT2D eigenvalue weighted by atomic mass is 9.81. The van der Waals surface area contributed by atoms with Gasteiger partial charge in [0.15, 0.2) is 5.82 Å². The number of nitrogens with one attached hydrogen (secondary N) is 2. The predicted octanol–water partition coefficient (Wildman–Crippen LogP) is 2.18. The first-order chi connectivity index (χ1) is 9.20. The largest absolute Gasteiger partial charge is 0.382 e. The number of halogens is 1. The van der Waals surface area contributed by atoms with Gasteiger partial charge in [-0.3, -0.25) is 9.78 Å². The third-order valence-corrected chi connectivity index (χ3v) is 3.82. The van der Waals surface area contributed by atoms with Gasteiger partial charge >= 0.3 is 0 Å². The normalized spacial score (nSPS) is 22.8. The fraction of sp³-hybridized carbons (Fsp3) is 0.571. The Bertz CT molecular complexity index is 430. The number of hydrogen-bond donors (Lipinski definition) is 2. The van der Waals surface area contributed by atoms with E-state index in [1.807, 2.05) is 0 Å². The van der Waals surface area contributed by atoms with Crippen LogP contribution in [0.25, 0.3) is 0 Å². The molecule has 0 radical (unpaired) electrons. The van der Waals surface area contributed by atoms with Crippen molar-refractivity contribution >= 4 is 11.6 Å². The van der Waals surface area contributed by atoms with Gasteiger partial charge in [0.05, 0.1) is 11.9 Å². The van der Waals surface area contributed by atoms with Gasteiger partial charge in [-0.25, -0.2) is 4.39 Å². The molecule has 0 bridgehead atoms. The van der Waals surface area contributed by atoms with E-state index < -0.39 is 0 Å². The average molecular weight is 265 g/mol. The number of pyridine rings is 1. The van der Waals surface area contributed by atoms with Gasteiger partial charge in [0.1, 0.15) is 0 Å². The van der Waals surface area contributed by atoms with E-state index in [2.05, 4.69) is 15.6 Å². The highest BCUT2D eigenvalue weighted by Crippen LogP contribution is 2.29. The lowest BCUT2D eigenvalue weighted by Crippen LogP contribution is -2.32. The topological polar surface area (TPSA) is 54.0 Å². The molecule has 5 heteroatoms. The minimum absolute atomic E-state index is 0.145. The van der Waals surface area contributed by atoms with E-state index in [0.29, 0.717) is 11.6 Å². The van der Waals surface area contributed by atoms with E-state index in [-0.39, 0.29) is 17.6 Å². The van der Waals surface area contributed by atoms with Crippen molar-refractivity contribution in [3.05, 3.63) is 24.3 Å². The molecule has 1 heterocycles. The summed E-state index contributed by atoms with van der Waals surface area (Å²) in [6, 6.07) is 1.64. The Balaban J connectivity index is 1.77. The van der Waals surface area contributed by atoms with E-state index >= 15 is 0 Å². The van der Waals surface area contributed by atoms with Gasteiger partial charge in [-0.2, -0.15) is 0 Å². The van der Waals surface area contributed by atoms with Gasteiger partial charge in [0.25, 0.3) is 0 Å². The number of nitrogens with zero attached hydrogens (tertiary/aromatic N) is 1. The van der Waals surface area contributed by atoms with Crippen molar-refractivity contribution in [1.29, 1.82) is 0 Å². The van der Waals surface area contributed by atoms with Crippen molar-refractivity contribution in [1.82, 2.24) is 10.3 Å². The first-order valence-electron chi connectivity index (χ1n) is 6.75. The van der Waals surface area contributed by atoms with Gasteiger partial charge in [0, 0.05) is 25.7 Å². The summed E-state index contributed by atoms with van der Waals surface area (Å²) in [5.74, 6) is 0.487. The quantitative estimate of drug-likeness (QED) is 0.877. The average Bonchev–Trinajstić information content (AvgIpc) is 2.46. The first kappa shape index (κ1) is 13.8. The Morgan fingerprint density at radius 2 is 2.16 bits per heavy atom. The number of carbonyl (C=O) groups is 1. The van der Waals surface area contributed by atoms with Crippen LogP contribution >= 0.6 is 0 Å². The van der Waals surface area contributed by atoms with Crippen LogP contribution in [0.15, 0.2) is 18.5 Å². The molecule has 1 aliphatic rings. The molecule has 2 rings (SSSR count). The molecule has 4 nitrogen and oxygen atoms in total. The maximum atomic E-state index is 13.4.